The first-order chi connectivity index (χ1) is 7.30. The highest BCUT2D eigenvalue weighted by Gasteiger charge is 2.18. The SMILES string of the molecule is Cc1ccc(/C=N/[S@](=O)C(C)(C)C)c(F)c1. The van der Waals surface area contributed by atoms with Crippen LogP contribution in [0.5, 0.6) is 0 Å². The van der Waals surface area contributed by atoms with Gasteiger partial charge in [-0.3, -0.25) is 0 Å². The van der Waals surface area contributed by atoms with E-state index in [2.05, 4.69) is 4.40 Å². The van der Waals surface area contributed by atoms with Crippen molar-refractivity contribution in [1.82, 2.24) is 0 Å². The van der Waals surface area contributed by atoms with Crippen molar-refractivity contribution in [2.75, 3.05) is 0 Å². The lowest BCUT2D eigenvalue weighted by Crippen LogP contribution is -2.19. The van der Waals surface area contributed by atoms with Gasteiger partial charge in [0.05, 0.1) is 4.75 Å². The number of nitrogens with zero attached hydrogens (tertiary/aromatic N) is 1. The zero-order valence-electron chi connectivity index (χ0n) is 9.95. The molecule has 0 unspecified atom stereocenters. The predicted molar refractivity (Wildman–Crippen MR) is 66.6 cm³/mol. The van der Waals surface area contributed by atoms with Crippen LogP contribution in [0.1, 0.15) is 31.9 Å². The minimum absolute atomic E-state index is 0.338. The molecule has 0 bridgehead atoms. The van der Waals surface area contributed by atoms with Crippen LogP contribution in [-0.2, 0) is 11.0 Å². The van der Waals surface area contributed by atoms with Gasteiger partial charge < -0.3 is 0 Å². The summed E-state index contributed by atoms with van der Waals surface area (Å²) in [6, 6.07) is 4.86. The Morgan fingerprint density at radius 3 is 2.50 bits per heavy atom. The molecule has 0 aliphatic heterocycles. The van der Waals surface area contributed by atoms with Gasteiger partial charge in [-0.2, -0.15) is 4.40 Å². The van der Waals surface area contributed by atoms with Crippen LogP contribution in [0.2, 0.25) is 0 Å². The Balaban J connectivity index is 2.89. The molecule has 2 nitrogen and oxygen atoms in total. The molecule has 88 valence electrons. The van der Waals surface area contributed by atoms with Crippen molar-refractivity contribution < 1.29 is 8.60 Å². The van der Waals surface area contributed by atoms with E-state index in [9.17, 15) is 8.60 Å². The zero-order valence-corrected chi connectivity index (χ0v) is 10.8. The van der Waals surface area contributed by atoms with E-state index in [1.54, 1.807) is 12.1 Å². The lowest BCUT2D eigenvalue weighted by molar-refractivity contribution is 0.624. The molecule has 1 aromatic carbocycles. The first kappa shape index (κ1) is 13.0. The normalized spacial score (nSPS) is 14.3. The van der Waals surface area contributed by atoms with Gasteiger partial charge in [0.2, 0.25) is 0 Å². The van der Waals surface area contributed by atoms with Crippen molar-refractivity contribution in [3.8, 4) is 0 Å². The molecule has 0 saturated carbocycles. The zero-order chi connectivity index (χ0) is 12.3. The predicted octanol–water partition coefficient (Wildman–Crippen LogP) is 3.02. The van der Waals surface area contributed by atoms with Crippen molar-refractivity contribution in [3.63, 3.8) is 0 Å². The second-order valence-corrected chi connectivity index (χ2v) is 6.55. The molecule has 0 aliphatic rings. The average Bonchev–Trinajstić information content (AvgIpc) is 2.14. The van der Waals surface area contributed by atoms with Crippen LogP contribution in [0.4, 0.5) is 4.39 Å². The molecule has 0 heterocycles. The van der Waals surface area contributed by atoms with E-state index in [1.165, 1.54) is 12.3 Å². The Bertz CT molecular complexity index is 435. The van der Waals surface area contributed by atoms with Gasteiger partial charge in [0, 0.05) is 11.8 Å². The third-order valence-corrected chi connectivity index (χ3v) is 3.31. The minimum atomic E-state index is -1.35. The molecule has 1 atom stereocenters. The fourth-order valence-corrected chi connectivity index (χ4v) is 1.53. The molecule has 16 heavy (non-hydrogen) atoms. The molecule has 0 radical (unpaired) electrons. The smallest absolute Gasteiger partial charge is 0.144 e. The molecular weight excluding hydrogens is 225 g/mol. The molecule has 1 aromatic rings. The van der Waals surface area contributed by atoms with E-state index in [-0.39, 0.29) is 5.82 Å². The van der Waals surface area contributed by atoms with Gasteiger partial charge in [-0.05, 0) is 39.3 Å². The second-order valence-electron chi connectivity index (χ2n) is 4.62. The summed E-state index contributed by atoms with van der Waals surface area (Å²) in [5.74, 6) is -0.338. The summed E-state index contributed by atoms with van der Waals surface area (Å²) in [4.78, 5) is 0. The molecule has 0 fully saturated rings. The van der Waals surface area contributed by atoms with Crippen LogP contribution in [0.15, 0.2) is 22.6 Å². The lowest BCUT2D eigenvalue weighted by atomic mass is 10.1. The van der Waals surface area contributed by atoms with Crippen LogP contribution >= 0.6 is 0 Å². The average molecular weight is 241 g/mol. The number of halogens is 1. The van der Waals surface area contributed by atoms with Gasteiger partial charge in [0.1, 0.15) is 16.8 Å². The highest BCUT2D eigenvalue weighted by Crippen LogP contribution is 2.13. The van der Waals surface area contributed by atoms with E-state index in [4.69, 9.17) is 0 Å². The summed E-state index contributed by atoms with van der Waals surface area (Å²) >= 11 is 0. The Hall–Kier alpha value is -1.03. The number of aryl methyl sites for hydroxylation is 1. The monoisotopic (exact) mass is 241 g/mol. The summed E-state index contributed by atoms with van der Waals surface area (Å²) in [6.07, 6.45) is 1.33. The van der Waals surface area contributed by atoms with Gasteiger partial charge in [0.25, 0.3) is 0 Å². The molecule has 0 saturated heterocycles. The van der Waals surface area contributed by atoms with Crippen LogP contribution in [0, 0.1) is 12.7 Å². The maximum absolute atomic E-state index is 13.4. The fourth-order valence-electron chi connectivity index (χ4n) is 1.000. The Morgan fingerprint density at radius 2 is 2.00 bits per heavy atom. The molecule has 0 aromatic heterocycles. The molecular formula is C12H16FNOS. The third-order valence-electron chi connectivity index (χ3n) is 1.97. The van der Waals surface area contributed by atoms with E-state index >= 15 is 0 Å². The standard InChI is InChI=1S/C12H16FNOS/c1-9-5-6-10(11(13)7-9)8-14-16(15)12(2,3)4/h5-8H,1-4H3/b14-8+/t16-/m1/s1. The Labute approximate surface area is 98.2 Å². The van der Waals surface area contributed by atoms with Crippen molar-refractivity contribution in [1.29, 1.82) is 0 Å². The van der Waals surface area contributed by atoms with Crippen LogP contribution in [-0.4, -0.2) is 15.2 Å². The third kappa shape index (κ3) is 3.52. The van der Waals surface area contributed by atoms with Crippen LogP contribution in [0.25, 0.3) is 0 Å². The molecule has 0 amide bonds. The quantitative estimate of drug-likeness (QED) is 0.732. The first-order valence-corrected chi connectivity index (χ1v) is 6.13. The van der Waals surface area contributed by atoms with Gasteiger partial charge in [0.15, 0.2) is 0 Å². The largest absolute Gasteiger partial charge is 0.234 e. The maximum atomic E-state index is 13.4. The Kier molecular flexibility index (Phi) is 3.97. The molecule has 4 heteroatoms. The maximum Gasteiger partial charge on any atom is 0.144 e. The first-order valence-electron chi connectivity index (χ1n) is 5.03. The van der Waals surface area contributed by atoms with Gasteiger partial charge in [-0.1, -0.05) is 12.1 Å². The van der Waals surface area contributed by atoms with Gasteiger partial charge in [-0.25, -0.2) is 8.60 Å². The molecule has 0 aliphatic carbocycles. The number of hydrogen-bond donors (Lipinski definition) is 0. The van der Waals surface area contributed by atoms with E-state index in [1.807, 2.05) is 27.7 Å². The van der Waals surface area contributed by atoms with Gasteiger partial charge >= 0.3 is 0 Å². The topological polar surface area (TPSA) is 29.4 Å². The highest BCUT2D eigenvalue weighted by molar-refractivity contribution is 7.85. The molecule has 0 N–H and O–H groups in total. The van der Waals surface area contributed by atoms with Crippen molar-refractivity contribution >= 4 is 17.2 Å². The van der Waals surface area contributed by atoms with Crippen molar-refractivity contribution in [3.05, 3.63) is 35.1 Å². The fraction of sp³-hybridized carbons (Fsp3) is 0.417. The van der Waals surface area contributed by atoms with E-state index in [0.29, 0.717) is 5.56 Å². The summed E-state index contributed by atoms with van der Waals surface area (Å²) in [5.41, 5.74) is 1.22. The highest BCUT2D eigenvalue weighted by atomic mass is 32.2. The second kappa shape index (κ2) is 4.87. The lowest BCUT2D eigenvalue weighted by Gasteiger charge is -2.12. The number of rotatable bonds is 2. The van der Waals surface area contributed by atoms with Crippen LogP contribution in [0.3, 0.4) is 0 Å². The van der Waals surface area contributed by atoms with Gasteiger partial charge in [-0.15, -0.1) is 0 Å². The van der Waals surface area contributed by atoms with E-state index in [0.717, 1.165) is 5.56 Å². The summed E-state index contributed by atoms with van der Waals surface area (Å²) < 4.78 is 28.5. The molecule has 0 spiro atoms. The van der Waals surface area contributed by atoms with Crippen molar-refractivity contribution in [2.45, 2.75) is 32.4 Å². The summed E-state index contributed by atoms with van der Waals surface area (Å²) in [6.45, 7) is 7.29. The molecule has 1 rings (SSSR count). The number of hydrogen-bond acceptors (Lipinski definition) is 1. The Morgan fingerprint density at radius 1 is 1.38 bits per heavy atom. The van der Waals surface area contributed by atoms with Crippen LogP contribution < -0.4 is 0 Å². The summed E-state index contributed by atoms with van der Waals surface area (Å²) in [5, 5.41) is 0. The van der Waals surface area contributed by atoms with E-state index < -0.39 is 15.7 Å². The number of benzene rings is 1. The summed E-state index contributed by atoms with van der Waals surface area (Å²) in [7, 11) is -1.35. The minimum Gasteiger partial charge on any atom is -0.234 e. The van der Waals surface area contributed by atoms with Crippen molar-refractivity contribution in [2.24, 2.45) is 4.40 Å².